The number of rotatable bonds is 6. The summed E-state index contributed by atoms with van der Waals surface area (Å²) in [7, 11) is 1.55. The molecule has 1 N–H and O–H groups in total. The number of hydrogen-bond donors (Lipinski definition) is 1. The molecule has 1 amide bonds. The minimum Gasteiger partial charge on any atom is -0.495 e. The van der Waals surface area contributed by atoms with Gasteiger partial charge >= 0.3 is 5.97 Å². The quantitative estimate of drug-likeness (QED) is 0.589. The van der Waals surface area contributed by atoms with E-state index in [1.165, 1.54) is 0 Å². The highest BCUT2D eigenvalue weighted by Gasteiger charge is 2.29. The molecule has 0 radical (unpaired) electrons. The Morgan fingerprint density at radius 3 is 2.57 bits per heavy atom. The molecule has 2 atom stereocenters. The summed E-state index contributed by atoms with van der Waals surface area (Å²) in [4.78, 5) is 25.7. The summed E-state index contributed by atoms with van der Waals surface area (Å²) in [5.74, 6) is -0.411. The molecule has 0 spiro atoms. The van der Waals surface area contributed by atoms with Crippen LogP contribution in [0.1, 0.15) is 36.5 Å². The SMILES string of the molecule is COc1ccc(C)cc1NC(=O)C(OC(=O)C1CC=CCC1)c1ccccc1. The molecule has 2 aromatic carbocycles. The van der Waals surface area contributed by atoms with E-state index in [1.54, 1.807) is 25.3 Å². The predicted octanol–water partition coefficient (Wildman–Crippen LogP) is 4.58. The van der Waals surface area contributed by atoms with Crippen LogP contribution in [0.5, 0.6) is 5.75 Å². The fourth-order valence-electron chi connectivity index (χ4n) is 3.24. The van der Waals surface area contributed by atoms with Crippen molar-refractivity contribution < 1.29 is 19.1 Å². The molecule has 0 heterocycles. The lowest BCUT2D eigenvalue weighted by Crippen LogP contribution is -2.29. The third-order valence-electron chi connectivity index (χ3n) is 4.79. The molecule has 5 heteroatoms. The molecular weight excluding hydrogens is 354 g/mol. The Bertz CT molecular complexity index is 860. The van der Waals surface area contributed by atoms with E-state index >= 15 is 0 Å². The predicted molar refractivity (Wildman–Crippen MR) is 108 cm³/mol. The number of aryl methyl sites for hydroxylation is 1. The summed E-state index contributed by atoms with van der Waals surface area (Å²) in [6.45, 7) is 1.93. The van der Waals surface area contributed by atoms with Crippen LogP contribution in [0, 0.1) is 12.8 Å². The second kappa shape index (κ2) is 9.22. The van der Waals surface area contributed by atoms with Gasteiger partial charge in [-0.05, 0) is 43.9 Å². The largest absolute Gasteiger partial charge is 0.495 e. The van der Waals surface area contributed by atoms with Crippen molar-refractivity contribution in [2.24, 2.45) is 5.92 Å². The number of ether oxygens (including phenoxy) is 2. The Kier molecular flexibility index (Phi) is 6.48. The molecule has 0 aromatic heterocycles. The Morgan fingerprint density at radius 2 is 1.89 bits per heavy atom. The lowest BCUT2D eigenvalue weighted by Gasteiger charge is -2.22. The number of nitrogens with one attached hydrogen (secondary N) is 1. The van der Waals surface area contributed by atoms with E-state index in [0.717, 1.165) is 18.4 Å². The van der Waals surface area contributed by atoms with Crippen LogP contribution in [0.3, 0.4) is 0 Å². The third kappa shape index (κ3) is 4.80. The van der Waals surface area contributed by atoms with E-state index in [9.17, 15) is 9.59 Å². The number of esters is 1. The molecule has 146 valence electrons. The molecule has 0 aliphatic heterocycles. The second-order valence-electron chi connectivity index (χ2n) is 6.90. The first-order chi connectivity index (χ1) is 13.6. The summed E-state index contributed by atoms with van der Waals surface area (Å²) < 4.78 is 11.0. The van der Waals surface area contributed by atoms with Gasteiger partial charge in [0.2, 0.25) is 6.10 Å². The fraction of sp³-hybridized carbons (Fsp3) is 0.304. The number of methoxy groups -OCH3 is 1. The van der Waals surface area contributed by atoms with Crippen LogP contribution in [0.4, 0.5) is 5.69 Å². The van der Waals surface area contributed by atoms with E-state index in [-0.39, 0.29) is 11.9 Å². The van der Waals surface area contributed by atoms with Crippen molar-refractivity contribution in [3.05, 3.63) is 71.8 Å². The van der Waals surface area contributed by atoms with Gasteiger partial charge in [-0.15, -0.1) is 0 Å². The third-order valence-corrected chi connectivity index (χ3v) is 4.79. The van der Waals surface area contributed by atoms with Crippen molar-refractivity contribution in [2.75, 3.05) is 12.4 Å². The topological polar surface area (TPSA) is 64.6 Å². The van der Waals surface area contributed by atoms with Crippen molar-refractivity contribution in [3.8, 4) is 5.75 Å². The molecule has 1 aliphatic carbocycles. The van der Waals surface area contributed by atoms with Gasteiger partial charge in [0.05, 0.1) is 18.7 Å². The van der Waals surface area contributed by atoms with Crippen molar-refractivity contribution in [1.29, 1.82) is 0 Å². The highest BCUT2D eigenvalue weighted by Crippen LogP contribution is 2.29. The van der Waals surface area contributed by atoms with E-state index in [4.69, 9.17) is 9.47 Å². The van der Waals surface area contributed by atoms with Crippen LogP contribution in [0.25, 0.3) is 0 Å². The minimum absolute atomic E-state index is 0.211. The molecule has 0 saturated carbocycles. The Hall–Kier alpha value is -3.08. The molecular formula is C23H25NO4. The van der Waals surface area contributed by atoms with E-state index in [0.29, 0.717) is 23.4 Å². The highest BCUT2D eigenvalue weighted by atomic mass is 16.5. The average molecular weight is 379 g/mol. The van der Waals surface area contributed by atoms with E-state index in [2.05, 4.69) is 11.4 Å². The Morgan fingerprint density at radius 1 is 1.11 bits per heavy atom. The second-order valence-corrected chi connectivity index (χ2v) is 6.90. The van der Waals surface area contributed by atoms with E-state index < -0.39 is 12.0 Å². The van der Waals surface area contributed by atoms with Gasteiger partial charge < -0.3 is 14.8 Å². The van der Waals surface area contributed by atoms with Crippen molar-refractivity contribution in [1.82, 2.24) is 0 Å². The Labute approximate surface area is 165 Å². The van der Waals surface area contributed by atoms with Gasteiger partial charge in [-0.3, -0.25) is 9.59 Å². The lowest BCUT2D eigenvalue weighted by molar-refractivity contribution is -0.159. The summed E-state index contributed by atoms with van der Waals surface area (Å²) in [5, 5.41) is 2.85. The van der Waals surface area contributed by atoms with Crippen LogP contribution in [0.2, 0.25) is 0 Å². The van der Waals surface area contributed by atoms with Gasteiger partial charge in [-0.25, -0.2) is 0 Å². The molecule has 1 aliphatic rings. The van der Waals surface area contributed by atoms with Gasteiger partial charge in [0, 0.05) is 5.56 Å². The summed E-state index contributed by atoms with van der Waals surface area (Å²) in [6, 6.07) is 14.6. The maximum atomic E-state index is 13.1. The minimum atomic E-state index is -1.02. The van der Waals surface area contributed by atoms with Crippen molar-refractivity contribution in [3.63, 3.8) is 0 Å². The summed E-state index contributed by atoms with van der Waals surface area (Å²) in [6.07, 6.45) is 5.27. The van der Waals surface area contributed by atoms with Crippen LogP contribution >= 0.6 is 0 Å². The average Bonchev–Trinajstić information content (AvgIpc) is 2.73. The molecule has 28 heavy (non-hydrogen) atoms. The standard InChI is InChI=1S/C23H25NO4/c1-16-13-14-20(27-2)19(15-16)24-22(25)21(17-9-5-3-6-10-17)28-23(26)18-11-7-4-8-12-18/h3-7,9-10,13-15,18,21H,8,11-12H2,1-2H3,(H,24,25). The normalized spacial score (nSPS) is 16.9. The number of anilines is 1. The number of allylic oxidation sites excluding steroid dienone is 2. The van der Waals surface area contributed by atoms with Gasteiger partial charge in [-0.2, -0.15) is 0 Å². The zero-order valence-corrected chi connectivity index (χ0v) is 16.2. The van der Waals surface area contributed by atoms with Crippen LogP contribution in [-0.2, 0) is 14.3 Å². The monoisotopic (exact) mass is 379 g/mol. The number of hydrogen-bond acceptors (Lipinski definition) is 4. The highest BCUT2D eigenvalue weighted by molar-refractivity contribution is 5.97. The molecule has 5 nitrogen and oxygen atoms in total. The van der Waals surface area contributed by atoms with Crippen LogP contribution in [0.15, 0.2) is 60.7 Å². The van der Waals surface area contributed by atoms with Gasteiger partial charge in [0.1, 0.15) is 5.75 Å². The first-order valence-electron chi connectivity index (χ1n) is 9.44. The molecule has 0 saturated heterocycles. The number of carbonyl (C=O) groups excluding carboxylic acids is 2. The van der Waals surface area contributed by atoms with Gasteiger partial charge in [0.25, 0.3) is 5.91 Å². The van der Waals surface area contributed by atoms with Crippen molar-refractivity contribution in [2.45, 2.75) is 32.3 Å². The zero-order valence-electron chi connectivity index (χ0n) is 16.2. The fourth-order valence-corrected chi connectivity index (χ4v) is 3.24. The van der Waals surface area contributed by atoms with E-state index in [1.807, 2.05) is 43.3 Å². The maximum Gasteiger partial charge on any atom is 0.310 e. The summed E-state index contributed by atoms with van der Waals surface area (Å²) in [5.41, 5.74) is 2.16. The summed E-state index contributed by atoms with van der Waals surface area (Å²) >= 11 is 0. The lowest BCUT2D eigenvalue weighted by atomic mass is 9.94. The van der Waals surface area contributed by atoms with Crippen LogP contribution < -0.4 is 10.1 Å². The number of benzene rings is 2. The molecule has 2 aromatic rings. The molecule has 3 rings (SSSR count). The first-order valence-corrected chi connectivity index (χ1v) is 9.44. The first kappa shape index (κ1) is 19.7. The maximum absolute atomic E-state index is 13.1. The Balaban J connectivity index is 1.82. The van der Waals surface area contributed by atoms with Gasteiger partial charge in [0.15, 0.2) is 0 Å². The number of amides is 1. The molecule has 2 unspecified atom stereocenters. The molecule has 0 fully saturated rings. The number of carbonyl (C=O) groups is 2. The smallest absolute Gasteiger partial charge is 0.310 e. The molecule has 0 bridgehead atoms. The van der Waals surface area contributed by atoms with Gasteiger partial charge in [-0.1, -0.05) is 48.6 Å². The zero-order chi connectivity index (χ0) is 19.9. The van der Waals surface area contributed by atoms with Crippen LogP contribution in [-0.4, -0.2) is 19.0 Å². The van der Waals surface area contributed by atoms with Crippen molar-refractivity contribution >= 4 is 17.6 Å².